The van der Waals surface area contributed by atoms with Gasteiger partial charge in [-0.3, -0.25) is 0 Å². The molecule has 80 valence electrons. The third-order valence-electron chi connectivity index (χ3n) is 2.82. The van der Waals surface area contributed by atoms with E-state index in [0.717, 1.165) is 30.3 Å². The van der Waals surface area contributed by atoms with Crippen molar-refractivity contribution in [1.29, 1.82) is 0 Å². The minimum Gasteiger partial charge on any atom is -0.493 e. The second-order valence-corrected chi connectivity index (χ2v) is 3.76. The summed E-state index contributed by atoms with van der Waals surface area (Å²) < 4.78 is 16.9. The topological polar surface area (TPSA) is 39.7 Å². The highest BCUT2D eigenvalue weighted by Gasteiger charge is 2.36. The van der Waals surface area contributed by atoms with Crippen LogP contribution in [0.5, 0.6) is 17.2 Å². The first-order valence-electron chi connectivity index (χ1n) is 5.09. The fourth-order valence-corrected chi connectivity index (χ4v) is 2.05. The summed E-state index contributed by atoms with van der Waals surface area (Å²) in [4.78, 5) is 0. The predicted molar refractivity (Wildman–Crippen MR) is 54.7 cm³/mol. The van der Waals surface area contributed by atoms with Crippen molar-refractivity contribution in [3.63, 3.8) is 0 Å². The molecule has 4 nitrogen and oxygen atoms in total. The van der Waals surface area contributed by atoms with E-state index in [4.69, 9.17) is 14.2 Å². The van der Waals surface area contributed by atoms with Crippen molar-refractivity contribution in [2.24, 2.45) is 0 Å². The lowest BCUT2D eigenvalue weighted by atomic mass is 10.2. The van der Waals surface area contributed by atoms with Crippen LogP contribution in [0.1, 0.15) is 0 Å². The summed E-state index contributed by atoms with van der Waals surface area (Å²) >= 11 is 0. The second kappa shape index (κ2) is 3.31. The Morgan fingerprint density at radius 1 is 1.27 bits per heavy atom. The molecule has 1 aromatic carbocycles. The van der Waals surface area contributed by atoms with Crippen LogP contribution in [0, 0.1) is 0 Å². The van der Waals surface area contributed by atoms with Gasteiger partial charge in [0.05, 0.1) is 7.11 Å². The van der Waals surface area contributed by atoms with Crippen molar-refractivity contribution >= 4 is 0 Å². The Balaban J connectivity index is 1.99. The zero-order valence-corrected chi connectivity index (χ0v) is 8.53. The summed E-state index contributed by atoms with van der Waals surface area (Å²) in [6.07, 6.45) is 0.235. The van der Waals surface area contributed by atoms with Gasteiger partial charge in [-0.1, -0.05) is 6.07 Å². The maximum atomic E-state index is 5.87. The van der Waals surface area contributed by atoms with Gasteiger partial charge in [0, 0.05) is 13.1 Å². The number of hydrogen-bond donors (Lipinski definition) is 1. The van der Waals surface area contributed by atoms with Crippen LogP contribution >= 0.6 is 0 Å². The van der Waals surface area contributed by atoms with Crippen molar-refractivity contribution < 1.29 is 14.2 Å². The van der Waals surface area contributed by atoms with Gasteiger partial charge in [0.25, 0.3) is 0 Å². The van der Waals surface area contributed by atoms with Crippen molar-refractivity contribution in [3.8, 4) is 17.2 Å². The minimum absolute atomic E-state index is 0.105. The SMILES string of the molecule is COc1cccc2c1OC1CNCC1O2. The lowest BCUT2D eigenvalue weighted by molar-refractivity contribution is 0.0523. The van der Waals surface area contributed by atoms with E-state index < -0.39 is 0 Å². The molecule has 4 heteroatoms. The molecule has 2 aliphatic rings. The highest BCUT2D eigenvalue weighted by molar-refractivity contribution is 5.52. The zero-order chi connectivity index (χ0) is 10.3. The van der Waals surface area contributed by atoms with Crippen LogP contribution in [0.25, 0.3) is 0 Å². The van der Waals surface area contributed by atoms with Crippen LogP contribution in [0.4, 0.5) is 0 Å². The number of hydrogen-bond acceptors (Lipinski definition) is 4. The Bertz CT molecular complexity index is 380. The Labute approximate surface area is 88.1 Å². The van der Waals surface area contributed by atoms with Gasteiger partial charge in [-0.05, 0) is 12.1 Å². The number of benzene rings is 1. The molecule has 1 fully saturated rings. The summed E-state index contributed by atoms with van der Waals surface area (Å²) in [7, 11) is 1.64. The molecule has 1 aromatic rings. The van der Waals surface area contributed by atoms with E-state index in [1.807, 2.05) is 18.2 Å². The molecule has 0 aliphatic carbocycles. The van der Waals surface area contributed by atoms with Crippen LogP contribution in [0.15, 0.2) is 18.2 Å². The lowest BCUT2D eigenvalue weighted by Crippen LogP contribution is -2.38. The van der Waals surface area contributed by atoms with E-state index in [2.05, 4.69) is 5.32 Å². The molecule has 3 rings (SSSR count). The smallest absolute Gasteiger partial charge is 0.204 e. The van der Waals surface area contributed by atoms with E-state index >= 15 is 0 Å². The van der Waals surface area contributed by atoms with Gasteiger partial charge in [-0.2, -0.15) is 0 Å². The summed E-state index contributed by atoms with van der Waals surface area (Å²) in [5, 5.41) is 3.25. The largest absolute Gasteiger partial charge is 0.493 e. The molecule has 0 bridgehead atoms. The predicted octanol–water partition coefficient (Wildman–Crippen LogP) is 0.807. The molecule has 1 saturated heterocycles. The van der Waals surface area contributed by atoms with Crippen LogP contribution in [-0.4, -0.2) is 32.4 Å². The van der Waals surface area contributed by atoms with Gasteiger partial charge in [0.15, 0.2) is 11.5 Å². The molecular formula is C11H13NO3. The Morgan fingerprint density at radius 2 is 2.07 bits per heavy atom. The second-order valence-electron chi connectivity index (χ2n) is 3.76. The monoisotopic (exact) mass is 207 g/mol. The molecule has 0 radical (unpaired) electrons. The molecule has 1 N–H and O–H groups in total. The van der Waals surface area contributed by atoms with Crippen molar-refractivity contribution in [2.75, 3.05) is 20.2 Å². The first kappa shape index (κ1) is 8.85. The fourth-order valence-electron chi connectivity index (χ4n) is 2.05. The molecule has 15 heavy (non-hydrogen) atoms. The normalized spacial score (nSPS) is 27.3. The molecule has 2 heterocycles. The number of methoxy groups -OCH3 is 1. The van der Waals surface area contributed by atoms with Crippen molar-refractivity contribution in [3.05, 3.63) is 18.2 Å². The molecule has 0 saturated carbocycles. The summed E-state index contributed by atoms with van der Waals surface area (Å²) in [6, 6.07) is 5.70. The van der Waals surface area contributed by atoms with Gasteiger partial charge in [0.1, 0.15) is 12.2 Å². The molecule has 2 aliphatic heterocycles. The van der Waals surface area contributed by atoms with Crippen LogP contribution in [-0.2, 0) is 0 Å². The summed E-state index contributed by atoms with van der Waals surface area (Å²) in [5.41, 5.74) is 0. The van der Waals surface area contributed by atoms with Crippen LogP contribution in [0.3, 0.4) is 0 Å². The summed E-state index contributed by atoms with van der Waals surface area (Å²) in [5.74, 6) is 2.24. The third kappa shape index (κ3) is 1.33. The first-order chi connectivity index (χ1) is 7.38. The average Bonchev–Trinajstić information content (AvgIpc) is 2.72. The van der Waals surface area contributed by atoms with E-state index in [1.165, 1.54) is 0 Å². The van der Waals surface area contributed by atoms with E-state index in [1.54, 1.807) is 7.11 Å². The Morgan fingerprint density at radius 3 is 2.87 bits per heavy atom. The maximum Gasteiger partial charge on any atom is 0.204 e. The quantitative estimate of drug-likeness (QED) is 0.739. The Hall–Kier alpha value is -1.42. The average molecular weight is 207 g/mol. The first-order valence-corrected chi connectivity index (χ1v) is 5.09. The van der Waals surface area contributed by atoms with Gasteiger partial charge in [-0.25, -0.2) is 0 Å². The molecule has 2 atom stereocenters. The van der Waals surface area contributed by atoms with E-state index in [0.29, 0.717) is 0 Å². The standard InChI is InChI=1S/C11H13NO3/c1-13-7-3-2-4-8-11(7)15-10-6-12-5-9(10)14-8/h2-4,9-10,12H,5-6H2,1H3. The van der Waals surface area contributed by atoms with Gasteiger partial charge in [0.2, 0.25) is 5.75 Å². The van der Waals surface area contributed by atoms with Gasteiger partial charge >= 0.3 is 0 Å². The zero-order valence-electron chi connectivity index (χ0n) is 8.53. The molecule has 0 aromatic heterocycles. The molecule has 2 unspecified atom stereocenters. The number of nitrogens with one attached hydrogen (secondary N) is 1. The van der Waals surface area contributed by atoms with Gasteiger partial charge < -0.3 is 19.5 Å². The minimum atomic E-state index is 0.105. The van der Waals surface area contributed by atoms with Crippen molar-refractivity contribution in [2.45, 2.75) is 12.2 Å². The summed E-state index contributed by atoms with van der Waals surface area (Å²) in [6.45, 7) is 1.68. The lowest BCUT2D eigenvalue weighted by Gasteiger charge is -2.29. The number of fused-ring (bicyclic) bond motifs is 2. The molecular weight excluding hydrogens is 194 g/mol. The van der Waals surface area contributed by atoms with Crippen LogP contribution in [0.2, 0.25) is 0 Å². The fraction of sp³-hybridized carbons (Fsp3) is 0.455. The number of rotatable bonds is 1. The highest BCUT2D eigenvalue weighted by Crippen LogP contribution is 2.41. The van der Waals surface area contributed by atoms with Crippen molar-refractivity contribution in [1.82, 2.24) is 5.32 Å². The van der Waals surface area contributed by atoms with Crippen LogP contribution < -0.4 is 19.5 Å². The van der Waals surface area contributed by atoms with Gasteiger partial charge in [-0.15, -0.1) is 0 Å². The van der Waals surface area contributed by atoms with E-state index in [9.17, 15) is 0 Å². The molecule has 0 spiro atoms. The Kier molecular flexibility index (Phi) is 1.95. The van der Waals surface area contributed by atoms with E-state index in [-0.39, 0.29) is 12.2 Å². The number of para-hydroxylation sites is 1. The highest BCUT2D eigenvalue weighted by atomic mass is 16.6. The molecule has 0 amide bonds. The third-order valence-corrected chi connectivity index (χ3v) is 2.82. The number of ether oxygens (including phenoxy) is 3. The maximum absolute atomic E-state index is 5.87.